The molecule has 2 aromatic rings. The molecular weight excluding hydrogens is 500 g/mol. The molecule has 0 heterocycles. The van der Waals surface area contributed by atoms with E-state index in [1.807, 2.05) is 0 Å². The molecule has 0 nitrogen and oxygen atoms in total. The van der Waals surface area contributed by atoms with Crippen LogP contribution in [-0.4, -0.2) is 3.21 Å². The van der Waals surface area contributed by atoms with Crippen LogP contribution in [0.25, 0.3) is 11.1 Å². The van der Waals surface area contributed by atoms with Gasteiger partial charge in [0.05, 0.1) is 0 Å². The number of fused-ring (bicyclic) bond motifs is 3. The third kappa shape index (κ3) is 8.35. The van der Waals surface area contributed by atoms with Crippen molar-refractivity contribution in [3.8, 4) is 11.1 Å². The predicted molar refractivity (Wildman–Crippen MR) is 152 cm³/mol. The average Bonchev–Trinajstić information content (AvgIpc) is 3.24. The minimum absolute atomic E-state index is 0.167. The number of benzene rings is 2. The molecule has 0 aromatic heterocycles. The first-order valence-corrected chi connectivity index (χ1v) is 14.3. The van der Waals surface area contributed by atoms with E-state index >= 15 is 0 Å². The van der Waals surface area contributed by atoms with Gasteiger partial charge in [-0.15, -0.1) is 11.1 Å². The SMILES string of the molecule is CC(C)(C)c1[c-]c2c(cc1)-c1ccc(C(C)(C)C)cc1C2.CC1=[C-]C(C)C=C1C(C)C.C[C](C)=[Zr+2]. The second-order valence-corrected chi connectivity index (χ2v) is 15.1. The Balaban J connectivity index is 0.000000257. The van der Waals surface area contributed by atoms with Crippen molar-refractivity contribution in [3.05, 3.63) is 82.0 Å². The van der Waals surface area contributed by atoms with E-state index in [1.165, 1.54) is 47.7 Å². The molecule has 2 aliphatic rings. The van der Waals surface area contributed by atoms with Crippen LogP contribution in [0.3, 0.4) is 0 Å². The van der Waals surface area contributed by atoms with Crippen molar-refractivity contribution in [1.29, 1.82) is 0 Å². The topological polar surface area (TPSA) is 0 Å². The monoisotopic (exact) mass is 544 g/mol. The number of rotatable bonds is 1. The number of hydrogen-bond donors (Lipinski definition) is 0. The molecule has 0 spiro atoms. The van der Waals surface area contributed by atoms with E-state index in [4.69, 9.17) is 0 Å². The zero-order chi connectivity index (χ0) is 26.7. The van der Waals surface area contributed by atoms with Crippen molar-refractivity contribution < 1.29 is 24.2 Å². The summed E-state index contributed by atoms with van der Waals surface area (Å²) < 4.78 is 1.51. The van der Waals surface area contributed by atoms with Gasteiger partial charge in [-0.05, 0) is 28.4 Å². The Morgan fingerprint density at radius 1 is 0.943 bits per heavy atom. The fourth-order valence-electron chi connectivity index (χ4n) is 4.51. The van der Waals surface area contributed by atoms with Gasteiger partial charge < -0.3 is 0 Å². The average molecular weight is 546 g/mol. The second-order valence-electron chi connectivity index (χ2n) is 12.6. The van der Waals surface area contributed by atoms with Crippen LogP contribution < -0.4 is 0 Å². The van der Waals surface area contributed by atoms with E-state index in [9.17, 15) is 0 Å². The van der Waals surface area contributed by atoms with Crippen LogP contribution in [0, 0.1) is 24.0 Å². The van der Waals surface area contributed by atoms with Gasteiger partial charge in [-0.3, -0.25) is 6.08 Å². The first kappa shape index (κ1) is 29.9. The maximum absolute atomic E-state index is 3.67. The summed E-state index contributed by atoms with van der Waals surface area (Å²) in [6.45, 7) is 26.6. The molecule has 0 N–H and O–H groups in total. The van der Waals surface area contributed by atoms with Gasteiger partial charge in [0.1, 0.15) is 0 Å². The van der Waals surface area contributed by atoms with E-state index in [-0.39, 0.29) is 10.8 Å². The Morgan fingerprint density at radius 3 is 1.94 bits per heavy atom. The van der Waals surface area contributed by atoms with Gasteiger partial charge in [0.2, 0.25) is 0 Å². The molecule has 0 bridgehead atoms. The summed E-state index contributed by atoms with van der Waals surface area (Å²) >= 11 is 1.55. The number of allylic oxidation sites excluding steroid dienone is 4. The fourth-order valence-corrected chi connectivity index (χ4v) is 4.51. The predicted octanol–water partition coefficient (Wildman–Crippen LogP) is 9.37. The van der Waals surface area contributed by atoms with Gasteiger partial charge >= 0.3 is 41.3 Å². The Kier molecular flexibility index (Phi) is 10.1. The summed E-state index contributed by atoms with van der Waals surface area (Å²) in [4.78, 5) is 0. The van der Waals surface area contributed by atoms with Crippen LogP contribution >= 0.6 is 0 Å². The van der Waals surface area contributed by atoms with Crippen LogP contribution in [0.4, 0.5) is 0 Å². The molecule has 0 saturated carbocycles. The molecule has 35 heavy (non-hydrogen) atoms. The van der Waals surface area contributed by atoms with Crippen molar-refractivity contribution in [2.75, 3.05) is 0 Å². The zero-order valence-corrected chi connectivity index (χ0v) is 26.8. The van der Waals surface area contributed by atoms with Crippen LogP contribution in [0.15, 0.2) is 47.6 Å². The molecular formula is C34H46Zr. The molecule has 2 aliphatic carbocycles. The molecule has 1 atom stereocenters. The minimum atomic E-state index is 0.167. The van der Waals surface area contributed by atoms with Crippen molar-refractivity contribution in [1.82, 2.24) is 0 Å². The summed E-state index contributed by atoms with van der Waals surface area (Å²) in [5.74, 6) is 1.20. The van der Waals surface area contributed by atoms with Gasteiger partial charge in [-0.2, -0.15) is 35.4 Å². The molecule has 0 radical (unpaired) electrons. The first-order valence-electron chi connectivity index (χ1n) is 13.0. The van der Waals surface area contributed by atoms with E-state index < -0.39 is 0 Å². The second kappa shape index (κ2) is 11.8. The normalized spacial score (nSPS) is 16.4. The summed E-state index contributed by atoms with van der Waals surface area (Å²) in [7, 11) is 0. The van der Waals surface area contributed by atoms with E-state index in [2.05, 4.69) is 132 Å². The van der Waals surface area contributed by atoms with Crippen molar-refractivity contribution in [2.24, 2.45) is 11.8 Å². The molecule has 1 unspecified atom stereocenters. The summed E-state index contributed by atoms with van der Waals surface area (Å²) in [5, 5.41) is 0. The van der Waals surface area contributed by atoms with Gasteiger partial charge in [0.25, 0.3) is 0 Å². The summed E-state index contributed by atoms with van der Waals surface area (Å²) in [6, 6.07) is 15.2. The molecule has 0 aliphatic heterocycles. The molecule has 4 rings (SSSR count). The number of hydrogen-bond acceptors (Lipinski definition) is 0. The third-order valence-electron chi connectivity index (χ3n) is 6.39. The molecule has 0 amide bonds. The van der Waals surface area contributed by atoms with Crippen molar-refractivity contribution in [2.45, 2.75) is 100 Å². The van der Waals surface area contributed by atoms with E-state index in [0.29, 0.717) is 11.8 Å². The van der Waals surface area contributed by atoms with E-state index in [1.54, 1.807) is 24.2 Å². The Hall–Kier alpha value is -1.33. The third-order valence-corrected chi connectivity index (χ3v) is 6.39. The Labute approximate surface area is 231 Å². The van der Waals surface area contributed by atoms with Gasteiger partial charge in [0.15, 0.2) is 0 Å². The van der Waals surface area contributed by atoms with Crippen LogP contribution in [0.5, 0.6) is 0 Å². The molecule has 186 valence electrons. The summed E-state index contributed by atoms with van der Waals surface area (Å²) in [6.07, 6.45) is 6.70. The molecule has 0 saturated heterocycles. The molecule has 2 aromatic carbocycles. The van der Waals surface area contributed by atoms with Crippen LogP contribution in [0.1, 0.15) is 105 Å². The first-order chi connectivity index (χ1) is 16.0. The van der Waals surface area contributed by atoms with Crippen LogP contribution in [0.2, 0.25) is 0 Å². The van der Waals surface area contributed by atoms with Gasteiger partial charge in [0, 0.05) is 0 Å². The van der Waals surface area contributed by atoms with Gasteiger partial charge in [-0.1, -0.05) is 105 Å². The van der Waals surface area contributed by atoms with Crippen LogP contribution in [-0.2, 0) is 41.5 Å². The fraction of sp³-hybridized carbons (Fsp3) is 0.500. The Morgan fingerprint density at radius 2 is 1.51 bits per heavy atom. The summed E-state index contributed by atoms with van der Waals surface area (Å²) in [5.41, 5.74) is 11.5. The standard InChI is InChI=1S/C21H25.C10H15.C3H6.Zr/c1-20(2,3)16-7-9-18-14(12-16)11-15-13-17(21(4,5)6)8-10-19(15)18;1-7(2)10-6-8(3)5-9(10)4;1-3-2;/h7-10,12H,11H2,1-6H3;6-8H,1-4H3;1-2H3;/q2*-1;;+2. The molecule has 0 fully saturated rings. The Bertz CT molecular complexity index is 1040. The van der Waals surface area contributed by atoms with E-state index in [0.717, 1.165) is 6.42 Å². The maximum atomic E-state index is 3.67. The van der Waals surface area contributed by atoms with Crippen molar-refractivity contribution in [3.63, 3.8) is 0 Å². The zero-order valence-electron chi connectivity index (χ0n) is 24.3. The van der Waals surface area contributed by atoms with Crippen molar-refractivity contribution >= 4 is 3.21 Å². The van der Waals surface area contributed by atoms with Gasteiger partial charge in [-0.25, -0.2) is 5.57 Å². The quantitative estimate of drug-likeness (QED) is 0.267. The molecule has 1 heteroatoms.